The Labute approximate surface area is 62.2 Å². The van der Waals surface area contributed by atoms with Crippen LogP contribution in [0, 0.1) is 0 Å². The lowest BCUT2D eigenvalue weighted by Crippen LogP contribution is -2.13. The van der Waals surface area contributed by atoms with Crippen LogP contribution in [0.4, 0.5) is 5.00 Å². The van der Waals surface area contributed by atoms with Crippen LogP contribution in [0.5, 0.6) is 0 Å². The predicted octanol–water partition coefficient (Wildman–Crippen LogP) is 2.14. The van der Waals surface area contributed by atoms with Crippen LogP contribution in [-0.2, 0) is 0 Å². The third kappa shape index (κ3) is 1.58. The summed E-state index contributed by atoms with van der Waals surface area (Å²) in [7, 11) is 0. The maximum absolute atomic E-state index is 8.93. The molecule has 4 heteroatoms. The molecule has 0 radical (unpaired) electrons. The Bertz CT molecular complexity index is 165. The molecule has 0 bridgehead atoms. The van der Waals surface area contributed by atoms with Crippen LogP contribution in [0.25, 0.3) is 0 Å². The van der Waals surface area contributed by atoms with Gasteiger partial charge in [-0.3, -0.25) is 5.21 Å². The maximum atomic E-state index is 8.93. The molecule has 1 heterocycles. The van der Waals surface area contributed by atoms with Crippen LogP contribution in [0.3, 0.4) is 0 Å². The van der Waals surface area contributed by atoms with E-state index in [1.54, 1.807) is 6.07 Å². The number of hydrogen-bond acceptors (Lipinski definition) is 3. The molecule has 0 aliphatic carbocycles. The molecule has 50 valence electrons. The lowest BCUT2D eigenvalue weighted by Gasteiger charge is -2.08. The Morgan fingerprint density at radius 1 is 1.78 bits per heavy atom. The van der Waals surface area contributed by atoms with Crippen molar-refractivity contribution in [3.63, 3.8) is 0 Å². The topological polar surface area (TPSA) is 23.5 Å². The monoisotopic (exact) mass is 163 g/mol. The van der Waals surface area contributed by atoms with E-state index in [0.29, 0.717) is 0 Å². The van der Waals surface area contributed by atoms with E-state index in [9.17, 15) is 0 Å². The molecule has 1 aromatic heterocycles. The molecule has 9 heavy (non-hydrogen) atoms. The van der Waals surface area contributed by atoms with Gasteiger partial charge in [-0.2, -0.15) is 0 Å². The normalized spacial score (nSPS) is 9.56. The molecule has 0 saturated carbocycles. The van der Waals surface area contributed by atoms with E-state index in [-0.39, 0.29) is 6.00 Å². The summed E-state index contributed by atoms with van der Waals surface area (Å²) in [5.74, 6) is 0. The summed E-state index contributed by atoms with van der Waals surface area (Å²) in [6.45, 7) is 0. The Morgan fingerprint density at radius 2 is 2.56 bits per heavy atom. The van der Waals surface area contributed by atoms with Crippen LogP contribution in [0.2, 0.25) is 0 Å². The van der Waals surface area contributed by atoms with Gasteiger partial charge in [0, 0.05) is 0 Å². The molecule has 0 fully saturated rings. The number of thiophene rings is 1. The number of rotatable bonds is 2. The second kappa shape index (κ2) is 3.06. The molecule has 0 aliphatic heterocycles. The molecule has 0 unspecified atom stereocenters. The summed E-state index contributed by atoms with van der Waals surface area (Å²) in [6.07, 6.45) is 0. The zero-order chi connectivity index (χ0) is 6.69. The average molecular weight is 164 g/mol. The zero-order valence-corrected chi connectivity index (χ0v) is 6.19. The molecule has 0 saturated heterocycles. The van der Waals surface area contributed by atoms with E-state index in [4.69, 9.17) is 16.8 Å². The van der Waals surface area contributed by atoms with Crippen LogP contribution in [0.15, 0.2) is 17.5 Å². The van der Waals surface area contributed by atoms with Crippen molar-refractivity contribution in [1.29, 1.82) is 0 Å². The third-order valence-corrected chi connectivity index (χ3v) is 1.98. The van der Waals surface area contributed by atoms with E-state index < -0.39 is 0 Å². The quantitative estimate of drug-likeness (QED) is 0.410. The first-order valence-electron chi connectivity index (χ1n) is 2.40. The van der Waals surface area contributed by atoms with Crippen LogP contribution < -0.4 is 5.06 Å². The average Bonchev–Trinajstić information content (AvgIpc) is 2.37. The van der Waals surface area contributed by atoms with Crippen molar-refractivity contribution >= 4 is 27.9 Å². The summed E-state index contributed by atoms with van der Waals surface area (Å²) in [5, 5.41) is 12.6. The van der Waals surface area contributed by atoms with Crippen molar-refractivity contribution < 1.29 is 5.21 Å². The minimum Gasteiger partial charge on any atom is -0.286 e. The highest BCUT2D eigenvalue weighted by molar-refractivity contribution is 7.14. The first-order chi connectivity index (χ1) is 4.34. The fourth-order valence-electron chi connectivity index (χ4n) is 0.476. The Morgan fingerprint density at radius 3 is 3.00 bits per heavy atom. The molecule has 1 N–H and O–H groups in total. The van der Waals surface area contributed by atoms with Gasteiger partial charge in [-0.05, 0) is 17.5 Å². The van der Waals surface area contributed by atoms with E-state index in [2.05, 4.69) is 0 Å². The van der Waals surface area contributed by atoms with Gasteiger partial charge >= 0.3 is 0 Å². The van der Waals surface area contributed by atoms with Gasteiger partial charge < -0.3 is 0 Å². The smallest absolute Gasteiger partial charge is 0.120 e. The first kappa shape index (κ1) is 6.86. The van der Waals surface area contributed by atoms with Crippen LogP contribution >= 0.6 is 22.9 Å². The first-order valence-corrected chi connectivity index (χ1v) is 3.82. The van der Waals surface area contributed by atoms with Gasteiger partial charge in [0.2, 0.25) is 0 Å². The molecule has 1 rings (SSSR count). The molecular formula is C5H6ClNOS. The van der Waals surface area contributed by atoms with Gasteiger partial charge in [-0.15, -0.1) is 22.9 Å². The molecule has 2 nitrogen and oxygen atoms in total. The standard InChI is InChI=1S/C5H6ClNOS/c6-4-7(8)5-2-1-3-9-5/h1-3,8H,4H2. The predicted molar refractivity (Wildman–Crippen MR) is 39.3 cm³/mol. The van der Waals surface area contributed by atoms with Gasteiger partial charge in [0.05, 0.1) is 0 Å². The highest BCUT2D eigenvalue weighted by Crippen LogP contribution is 2.19. The van der Waals surface area contributed by atoms with Gasteiger partial charge in [0.25, 0.3) is 0 Å². The van der Waals surface area contributed by atoms with Crippen molar-refractivity contribution in [3.8, 4) is 0 Å². The minimum absolute atomic E-state index is 0.112. The highest BCUT2D eigenvalue weighted by Gasteiger charge is 1.98. The molecule has 0 aromatic carbocycles. The number of halogens is 1. The number of nitrogens with zero attached hydrogens (tertiary/aromatic N) is 1. The van der Waals surface area contributed by atoms with E-state index >= 15 is 0 Å². The molecule has 0 spiro atoms. The maximum Gasteiger partial charge on any atom is 0.120 e. The highest BCUT2D eigenvalue weighted by atomic mass is 35.5. The summed E-state index contributed by atoms with van der Waals surface area (Å²) in [4.78, 5) is 0. The van der Waals surface area contributed by atoms with Crippen molar-refractivity contribution in [2.24, 2.45) is 0 Å². The van der Waals surface area contributed by atoms with E-state index in [1.807, 2.05) is 11.4 Å². The fraction of sp³-hybridized carbons (Fsp3) is 0.200. The summed E-state index contributed by atoms with van der Waals surface area (Å²) in [6, 6.07) is 3.77. The van der Waals surface area contributed by atoms with E-state index in [0.717, 1.165) is 10.1 Å². The zero-order valence-electron chi connectivity index (χ0n) is 4.62. The van der Waals surface area contributed by atoms with Gasteiger partial charge in [0.15, 0.2) is 0 Å². The Hall–Kier alpha value is -0.250. The van der Waals surface area contributed by atoms with E-state index in [1.165, 1.54) is 11.3 Å². The SMILES string of the molecule is ON(CCl)c1cccs1. The number of anilines is 1. The number of alkyl halides is 1. The molecule has 0 amide bonds. The minimum atomic E-state index is 0.112. The molecule has 0 aliphatic rings. The van der Waals surface area contributed by atoms with Crippen molar-refractivity contribution in [2.75, 3.05) is 11.1 Å². The third-order valence-electron chi connectivity index (χ3n) is 0.874. The molecular weight excluding hydrogens is 158 g/mol. The van der Waals surface area contributed by atoms with Gasteiger partial charge in [0.1, 0.15) is 11.0 Å². The second-order valence-corrected chi connectivity index (χ2v) is 2.64. The van der Waals surface area contributed by atoms with Crippen LogP contribution in [0.1, 0.15) is 0 Å². The largest absolute Gasteiger partial charge is 0.286 e. The van der Waals surface area contributed by atoms with Crippen molar-refractivity contribution in [3.05, 3.63) is 17.5 Å². The lowest BCUT2D eigenvalue weighted by molar-refractivity contribution is 0.275. The van der Waals surface area contributed by atoms with Crippen molar-refractivity contribution in [1.82, 2.24) is 0 Å². The second-order valence-electron chi connectivity index (χ2n) is 1.47. The summed E-state index contributed by atoms with van der Waals surface area (Å²) in [5.41, 5.74) is 0. The molecule has 1 aromatic rings. The number of hydroxylamine groups is 1. The summed E-state index contributed by atoms with van der Waals surface area (Å²) >= 11 is 6.77. The van der Waals surface area contributed by atoms with Gasteiger partial charge in [-0.1, -0.05) is 0 Å². The Balaban J connectivity index is 2.65. The molecule has 0 atom stereocenters. The van der Waals surface area contributed by atoms with Gasteiger partial charge in [-0.25, -0.2) is 5.06 Å². The lowest BCUT2D eigenvalue weighted by atomic mass is 10.6. The van der Waals surface area contributed by atoms with Crippen molar-refractivity contribution in [2.45, 2.75) is 0 Å². The Kier molecular flexibility index (Phi) is 2.33. The summed E-state index contributed by atoms with van der Waals surface area (Å²) < 4.78 is 0. The number of hydrogen-bond donors (Lipinski definition) is 1. The fourth-order valence-corrected chi connectivity index (χ4v) is 1.32. The van der Waals surface area contributed by atoms with Crippen LogP contribution in [-0.4, -0.2) is 11.2 Å².